The molecule has 0 bridgehead atoms. The molecule has 0 aromatic carbocycles. The minimum atomic E-state index is 0.174. The van der Waals surface area contributed by atoms with Crippen molar-refractivity contribution in [3.05, 3.63) is 22.3 Å². The molecule has 7 nitrogen and oxygen atoms in total. The molecule has 0 saturated heterocycles. The van der Waals surface area contributed by atoms with Crippen molar-refractivity contribution in [3.63, 3.8) is 0 Å². The van der Waals surface area contributed by atoms with Crippen LogP contribution in [0.25, 0.3) is 0 Å². The molecule has 0 radical (unpaired) electrons. The quantitative estimate of drug-likeness (QED) is 0.878. The van der Waals surface area contributed by atoms with Crippen molar-refractivity contribution in [1.82, 2.24) is 20.1 Å². The SMILES string of the molecule is CCN(CC)c1nc(Cl)nc(NCc2c(C)noc2C)n1. The van der Waals surface area contributed by atoms with Gasteiger partial charge in [0, 0.05) is 25.2 Å². The zero-order chi connectivity index (χ0) is 15.4. The summed E-state index contributed by atoms with van der Waals surface area (Å²) in [4.78, 5) is 14.7. The van der Waals surface area contributed by atoms with Gasteiger partial charge in [-0.3, -0.25) is 0 Å². The van der Waals surface area contributed by atoms with Crippen LogP contribution in [0, 0.1) is 13.8 Å². The third kappa shape index (κ3) is 3.60. The first-order chi connectivity index (χ1) is 10.0. The van der Waals surface area contributed by atoms with Crippen LogP contribution in [0.2, 0.25) is 5.28 Å². The topological polar surface area (TPSA) is 80.0 Å². The van der Waals surface area contributed by atoms with E-state index in [2.05, 4.69) is 25.4 Å². The Kier molecular flexibility index (Phi) is 4.95. The Hall–Kier alpha value is -1.89. The third-order valence-electron chi connectivity index (χ3n) is 3.25. The van der Waals surface area contributed by atoms with Gasteiger partial charge < -0.3 is 14.7 Å². The maximum Gasteiger partial charge on any atom is 0.231 e. The normalized spacial score (nSPS) is 10.7. The van der Waals surface area contributed by atoms with E-state index in [0.717, 1.165) is 30.1 Å². The molecule has 0 aliphatic rings. The lowest BCUT2D eigenvalue weighted by molar-refractivity contribution is 0.392. The van der Waals surface area contributed by atoms with Gasteiger partial charge in [-0.15, -0.1) is 0 Å². The highest BCUT2D eigenvalue weighted by molar-refractivity contribution is 6.28. The second kappa shape index (κ2) is 6.71. The summed E-state index contributed by atoms with van der Waals surface area (Å²) in [5, 5.41) is 7.23. The maximum absolute atomic E-state index is 5.97. The summed E-state index contributed by atoms with van der Waals surface area (Å²) >= 11 is 5.97. The number of nitrogens with zero attached hydrogens (tertiary/aromatic N) is 5. The zero-order valence-electron chi connectivity index (χ0n) is 12.6. The average Bonchev–Trinajstić information content (AvgIpc) is 2.77. The third-order valence-corrected chi connectivity index (χ3v) is 3.42. The lowest BCUT2D eigenvalue weighted by Gasteiger charge is -2.18. The Labute approximate surface area is 128 Å². The van der Waals surface area contributed by atoms with Gasteiger partial charge in [-0.05, 0) is 39.3 Å². The Morgan fingerprint density at radius 3 is 2.43 bits per heavy atom. The minimum absolute atomic E-state index is 0.174. The number of nitrogens with one attached hydrogen (secondary N) is 1. The fourth-order valence-corrected chi connectivity index (χ4v) is 2.14. The largest absolute Gasteiger partial charge is 0.361 e. The number of aromatic nitrogens is 4. The van der Waals surface area contributed by atoms with Gasteiger partial charge in [-0.25, -0.2) is 0 Å². The number of hydrogen-bond donors (Lipinski definition) is 1. The lowest BCUT2D eigenvalue weighted by atomic mass is 10.2. The predicted molar refractivity (Wildman–Crippen MR) is 81.7 cm³/mol. The van der Waals surface area contributed by atoms with Gasteiger partial charge in [0.25, 0.3) is 0 Å². The fourth-order valence-electron chi connectivity index (χ4n) is 1.99. The average molecular weight is 311 g/mol. The smallest absolute Gasteiger partial charge is 0.231 e. The second-order valence-corrected chi connectivity index (χ2v) is 4.89. The van der Waals surface area contributed by atoms with Crippen LogP contribution in [0.5, 0.6) is 0 Å². The van der Waals surface area contributed by atoms with Crippen LogP contribution >= 0.6 is 11.6 Å². The van der Waals surface area contributed by atoms with E-state index in [4.69, 9.17) is 16.1 Å². The molecule has 21 heavy (non-hydrogen) atoms. The van der Waals surface area contributed by atoms with Crippen LogP contribution in [-0.2, 0) is 6.54 Å². The molecule has 0 unspecified atom stereocenters. The van der Waals surface area contributed by atoms with Crippen LogP contribution in [0.15, 0.2) is 4.52 Å². The minimum Gasteiger partial charge on any atom is -0.361 e. The summed E-state index contributed by atoms with van der Waals surface area (Å²) < 4.78 is 5.13. The van der Waals surface area contributed by atoms with Crippen LogP contribution in [0.4, 0.5) is 11.9 Å². The maximum atomic E-state index is 5.97. The standard InChI is InChI=1S/C13H19ClN6O/c1-5-20(6-2)13-17-11(14)16-12(18-13)15-7-10-8(3)19-21-9(10)4/h5-7H2,1-4H3,(H,15,16,17,18). The summed E-state index contributed by atoms with van der Waals surface area (Å²) in [7, 11) is 0. The number of aryl methyl sites for hydroxylation is 2. The van der Waals surface area contributed by atoms with Crippen LogP contribution in [0.3, 0.4) is 0 Å². The Morgan fingerprint density at radius 1 is 1.14 bits per heavy atom. The van der Waals surface area contributed by atoms with E-state index < -0.39 is 0 Å². The van der Waals surface area contributed by atoms with Crippen molar-refractivity contribution in [2.24, 2.45) is 0 Å². The van der Waals surface area contributed by atoms with E-state index in [1.165, 1.54) is 0 Å². The van der Waals surface area contributed by atoms with Crippen molar-refractivity contribution < 1.29 is 4.52 Å². The summed E-state index contributed by atoms with van der Waals surface area (Å²) in [6.45, 7) is 9.99. The molecule has 2 aromatic rings. The molecule has 0 fully saturated rings. The highest BCUT2D eigenvalue weighted by Gasteiger charge is 2.12. The molecule has 2 aromatic heterocycles. The van der Waals surface area contributed by atoms with Gasteiger partial charge in [-0.1, -0.05) is 5.16 Å². The molecule has 2 heterocycles. The number of halogens is 1. The molecule has 0 aliphatic carbocycles. The van der Waals surface area contributed by atoms with Crippen molar-refractivity contribution in [2.75, 3.05) is 23.3 Å². The van der Waals surface area contributed by atoms with Gasteiger partial charge in [0.15, 0.2) is 0 Å². The lowest BCUT2D eigenvalue weighted by Crippen LogP contribution is -2.25. The van der Waals surface area contributed by atoms with Crippen LogP contribution in [-0.4, -0.2) is 33.2 Å². The first-order valence-electron chi connectivity index (χ1n) is 6.87. The first kappa shape index (κ1) is 15.5. The van der Waals surface area contributed by atoms with Gasteiger partial charge in [0.05, 0.1) is 5.69 Å². The molecule has 114 valence electrons. The number of rotatable bonds is 6. The molecule has 8 heteroatoms. The zero-order valence-corrected chi connectivity index (χ0v) is 13.4. The molecule has 0 saturated carbocycles. The Bertz CT molecular complexity index is 591. The predicted octanol–water partition coefficient (Wildman–Crippen LogP) is 2.59. The van der Waals surface area contributed by atoms with Gasteiger partial charge in [0.2, 0.25) is 17.2 Å². The van der Waals surface area contributed by atoms with Gasteiger partial charge in [0.1, 0.15) is 5.76 Å². The molecule has 0 atom stereocenters. The van der Waals surface area contributed by atoms with Crippen LogP contribution < -0.4 is 10.2 Å². The summed E-state index contributed by atoms with van der Waals surface area (Å²) in [5.41, 5.74) is 1.85. The molecular formula is C13H19ClN6O. The number of hydrogen-bond acceptors (Lipinski definition) is 7. The highest BCUT2D eigenvalue weighted by Crippen LogP contribution is 2.16. The van der Waals surface area contributed by atoms with E-state index in [1.807, 2.05) is 32.6 Å². The van der Waals surface area contributed by atoms with E-state index in [0.29, 0.717) is 18.4 Å². The fraction of sp³-hybridized carbons (Fsp3) is 0.538. The molecule has 0 aliphatic heterocycles. The Morgan fingerprint density at radius 2 is 1.86 bits per heavy atom. The number of anilines is 2. The summed E-state index contributed by atoms with van der Waals surface area (Å²) in [6, 6.07) is 0. The Balaban J connectivity index is 2.17. The van der Waals surface area contributed by atoms with E-state index in [-0.39, 0.29) is 5.28 Å². The van der Waals surface area contributed by atoms with E-state index in [9.17, 15) is 0 Å². The second-order valence-electron chi connectivity index (χ2n) is 4.56. The van der Waals surface area contributed by atoms with Gasteiger partial charge >= 0.3 is 0 Å². The van der Waals surface area contributed by atoms with Crippen molar-refractivity contribution >= 4 is 23.5 Å². The van der Waals surface area contributed by atoms with Crippen molar-refractivity contribution in [3.8, 4) is 0 Å². The summed E-state index contributed by atoms with van der Waals surface area (Å²) in [5.74, 6) is 1.79. The molecule has 2 rings (SSSR count). The molecule has 1 N–H and O–H groups in total. The van der Waals surface area contributed by atoms with Crippen molar-refractivity contribution in [1.29, 1.82) is 0 Å². The highest BCUT2D eigenvalue weighted by atomic mass is 35.5. The van der Waals surface area contributed by atoms with Crippen LogP contribution in [0.1, 0.15) is 30.9 Å². The first-order valence-corrected chi connectivity index (χ1v) is 7.25. The van der Waals surface area contributed by atoms with Gasteiger partial charge in [-0.2, -0.15) is 15.0 Å². The molecule has 0 amide bonds. The van der Waals surface area contributed by atoms with E-state index in [1.54, 1.807) is 0 Å². The summed E-state index contributed by atoms with van der Waals surface area (Å²) in [6.07, 6.45) is 0. The molecular weight excluding hydrogens is 292 g/mol. The van der Waals surface area contributed by atoms with E-state index >= 15 is 0 Å². The van der Waals surface area contributed by atoms with Crippen molar-refractivity contribution in [2.45, 2.75) is 34.2 Å². The molecule has 0 spiro atoms. The monoisotopic (exact) mass is 310 g/mol.